The van der Waals surface area contributed by atoms with Gasteiger partial charge in [-0.2, -0.15) is 0 Å². The quantitative estimate of drug-likeness (QED) is 0.754. The lowest BCUT2D eigenvalue weighted by Gasteiger charge is -2.22. The van der Waals surface area contributed by atoms with Gasteiger partial charge in [0, 0.05) is 6.54 Å². The molecule has 1 aromatic carbocycles. The molecule has 4 heteroatoms. The average Bonchev–Trinajstić information content (AvgIpc) is 2.74. The van der Waals surface area contributed by atoms with E-state index in [0.29, 0.717) is 6.54 Å². The minimum atomic E-state index is -0.714. The second-order valence-corrected chi connectivity index (χ2v) is 5.05. The summed E-state index contributed by atoms with van der Waals surface area (Å²) in [5.41, 5.74) is 0.0556. The number of aromatic hydroxyl groups is 1. The molecule has 0 saturated heterocycles. The summed E-state index contributed by atoms with van der Waals surface area (Å²) >= 11 is 0. The molecule has 0 atom stereocenters. The van der Waals surface area contributed by atoms with Gasteiger partial charge in [0.15, 0.2) is 0 Å². The summed E-state index contributed by atoms with van der Waals surface area (Å²) in [5, 5.41) is 22.2. The van der Waals surface area contributed by atoms with Crippen LogP contribution in [0.5, 0.6) is 5.75 Å². The Labute approximate surface area is 107 Å². The highest BCUT2D eigenvalue weighted by molar-refractivity contribution is 5.78. The van der Waals surface area contributed by atoms with Crippen LogP contribution in [0.15, 0.2) is 24.3 Å². The summed E-state index contributed by atoms with van der Waals surface area (Å²) in [4.78, 5) is 11.7. The van der Waals surface area contributed by atoms with Crippen molar-refractivity contribution in [2.24, 2.45) is 0 Å². The zero-order valence-electron chi connectivity index (χ0n) is 10.4. The maximum absolute atomic E-state index is 11.7. The Hall–Kier alpha value is -1.55. The number of amides is 1. The SMILES string of the molecule is O=C(Cc1cccc(O)c1)NCC1(O)CCCC1. The predicted octanol–water partition coefficient (Wildman–Crippen LogP) is 1.36. The van der Waals surface area contributed by atoms with Gasteiger partial charge in [-0.3, -0.25) is 4.79 Å². The van der Waals surface area contributed by atoms with Gasteiger partial charge >= 0.3 is 0 Å². The summed E-state index contributed by atoms with van der Waals surface area (Å²) in [5.74, 6) is 0.0376. The van der Waals surface area contributed by atoms with Crippen LogP contribution in [0.25, 0.3) is 0 Å². The van der Waals surface area contributed by atoms with Gasteiger partial charge in [0.05, 0.1) is 12.0 Å². The lowest BCUT2D eigenvalue weighted by atomic mass is 10.0. The van der Waals surface area contributed by atoms with Crippen LogP contribution in [0.2, 0.25) is 0 Å². The number of benzene rings is 1. The molecule has 4 nitrogen and oxygen atoms in total. The van der Waals surface area contributed by atoms with Crippen molar-refractivity contribution in [3.63, 3.8) is 0 Å². The highest BCUT2D eigenvalue weighted by Crippen LogP contribution is 2.28. The van der Waals surface area contributed by atoms with Crippen molar-refractivity contribution in [3.8, 4) is 5.75 Å². The van der Waals surface area contributed by atoms with Crippen molar-refractivity contribution >= 4 is 5.91 Å². The standard InChI is InChI=1S/C14H19NO3/c16-12-5-3-4-11(8-12)9-13(17)15-10-14(18)6-1-2-7-14/h3-5,8,16,18H,1-2,6-7,9-10H2,(H,15,17). The van der Waals surface area contributed by atoms with Crippen LogP contribution in [0.4, 0.5) is 0 Å². The van der Waals surface area contributed by atoms with E-state index in [2.05, 4.69) is 5.32 Å². The number of aliphatic hydroxyl groups is 1. The van der Waals surface area contributed by atoms with Crippen molar-refractivity contribution in [1.29, 1.82) is 0 Å². The highest BCUT2D eigenvalue weighted by atomic mass is 16.3. The van der Waals surface area contributed by atoms with Crippen molar-refractivity contribution in [3.05, 3.63) is 29.8 Å². The van der Waals surface area contributed by atoms with E-state index in [9.17, 15) is 15.0 Å². The first-order chi connectivity index (χ1) is 8.57. The molecule has 0 unspecified atom stereocenters. The Morgan fingerprint density at radius 3 is 2.72 bits per heavy atom. The van der Waals surface area contributed by atoms with Crippen LogP contribution in [-0.4, -0.2) is 28.3 Å². The fourth-order valence-corrected chi connectivity index (χ4v) is 2.39. The molecule has 1 aliphatic rings. The van der Waals surface area contributed by atoms with Crippen molar-refractivity contribution in [1.82, 2.24) is 5.32 Å². The number of hydrogen-bond donors (Lipinski definition) is 3. The van der Waals surface area contributed by atoms with Gasteiger partial charge in [-0.15, -0.1) is 0 Å². The van der Waals surface area contributed by atoms with Gasteiger partial charge in [0.1, 0.15) is 5.75 Å². The van der Waals surface area contributed by atoms with E-state index >= 15 is 0 Å². The number of nitrogens with one attached hydrogen (secondary N) is 1. The van der Waals surface area contributed by atoms with E-state index < -0.39 is 5.60 Å². The number of carbonyl (C=O) groups excluding carboxylic acids is 1. The maximum atomic E-state index is 11.7. The second-order valence-electron chi connectivity index (χ2n) is 5.05. The number of hydrogen-bond acceptors (Lipinski definition) is 3. The van der Waals surface area contributed by atoms with Gasteiger partial charge in [0.2, 0.25) is 5.91 Å². The summed E-state index contributed by atoms with van der Waals surface area (Å²) in [6.07, 6.45) is 3.81. The Morgan fingerprint density at radius 2 is 2.06 bits per heavy atom. The lowest BCUT2D eigenvalue weighted by molar-refractivity contribution is -0.121. The molecule has 1 fully saturated rings. The molecule has 0 bridgehead atoms. The van der Waals surface area contributed by atoms with Crippen LogP contribution in [0.3, 0.4) is 0 Å². The fourth-order valence-electron chi connectivity index (χ4n) is 2.39. The normalized spacial score (nSPS) is 17.6. The first-order valence-corrected chi connectivity index (χ1v) is 6.34. The van der Waals surface area contributed by atoms with Crippen LogP contribution >= 0.6 is 0 Å². The first-order valence-electron chi connectivity index (χ1n) is 6.34. The molecule has 98 valence electrons. The highest BCUT2D eigenvalue weighted by Gasteiger charge is 2.31. The minimum absolute atomic E-state index is 0.124. The maximum Gasteiger partial charge on any atom is 0.224 e. The third kappa shape index (κ3) is 3.47. The molecular formula is C14H19NO3. The van der Waals surface area contributed by atoms with Crippen molar-refractivity contribution < 1.29 is 15.0 Å². The van der Waals surface area contributed by atoms with Gasteiger partial charge < -0.3 is 15.5 Å². The minimum Gasteiger partial charge on any atom is -0.508 e. The molecule has 1 aromatic rings. The summed E-state index contributed by atoms with van der Waals surface area (Å²) < 4.78 is 0. The molecule has 1 aliphatic carbocycles. The van der Waals surface area contributed by atoms with E-state index in [1.807, 2.05) is 0 Å². The zero-order valence-corrected chi connectivity index (χ0v) is 10.4. The van der Waals surface area contributed by atoms with E-state index in [0.717, 1.165) is 31.2 Å². The molecular weight excluding hydrogens is 230 g/mol. The van der Waals surface area contributed by atoms with Crippen LogP contribution in [0, 0.1) is 0 Å². The summed E-state index contributed by atoms with van der Waals surface area (Å²) in [6, 6.07) is 6.65. The molecule has 0 spiro atoms. The molecule has 3 N–H and O–H groups in total. The molecule has 0 heterocycles. The van der Waals surface area contributed by atoms with E-state index in [1.165, 1.54) is 0 Å². The van der Waals surface area contributed by atoms with E-state index in [1.54, 1.807) is 24.3 Å². The van der Waals surface area contributed by atoms with E-state index in [4.69, 9.17) is 0 Å². The molecule has 1 amide bonds. The topological polar surface area (TPSA) is 69.6 Å². The van der Waals surface area contributed by atoms with Gasteiger partial charge in [0.25, 0.3) is 0 Å². The Bertz CT molecular complexity index is 425. The number of phenols is 1. The number of carbonyl (C=O) groups is 1. The fraction of sp³-hybridized carbons (Fsp3) is 0.500. The monoisotopic (exact) mass is 249 g/mol. The van der Waals surface area contributed by atoms with Gasteiger partial charge in [-0.1, -0.05) is 25.0 Å². The molecule has 2 rings (SSSR count). The van der Waals surface area contributed by atoms with Crippen LogP contribution < -0.4 is 5.32 Å². The third-order valence-corrected chi connectivity index (χ3v) is 3.42. The van der Waals surface area contributed by atoms with Gasteiger partial charge in [-0.25, -0.2) is 0 Å². The Morgan fingerprint density at radius 1 is 1.33 bits per heavy atom. The molecule has 1 saturated carbocycles. The molecule has 18 heavy (non-hydrogen) atoms. The summed E-state index contributed by atoms with van der Waals surface area (Å²) in [6.45, 7) is 0.324. The van der Waals surface area contributed by atoms with Gasteiger partial charge in [-0.05, 0) is 30.5 Å². The third-order valence-electron chi connectivity index (χ3n) is 3.42. The van der Waals surface area contributed by atoms with Crippen LogP contribution in [0.1, 0.15) is 31.2 Å². The number of rotatable bonds is 4. The smallest absolute Gasteiger partial charge is 0.224 e. The lowest BCUT2D eigenvalue weighted by Crippen LogP contribution is -2.41. The van der Waals surface area contributed by atoms with E-state index in [-0.39, 0.29) is 18.1 Å². The molecule has 0 radical (unpaired) electrons. The predicted molar refractivity (Wildman–Crippen MR) is 68.2 cm³/mol. The largest absolute Gasteiger partial charge is 0.508 e. The van der Waals surface area contributed by atoms with Crippen molar-refractivity contribution in [2.45, 2.75) is 37.7 Å². The zero-order chi connectivity index (χ0) is 13.0. The Balaban J connectivity index is 1.82. The summed E-state index contributed by atoms with van der Waals surface area (Å²) in [7, 11) is 0. The first kappa shape index (κ1) is 12.9. The molecule has 0 aliphatic heterocycles. The number of phenolic OH excluding ortho intramolecular Hbond substituents is 1. The molecule has 0 aromatic heterocycles. The van der Waals surface area contributed by atoms with Crippen LogP contribution in [-0.2, 0) is 11.2 Å². The second kappa shape index (κ2) is 5.40. The average molecular weight is 249 g/mol. The van der Waals surface area contributed by atoms with Crippen molar-refractivity contribution in [2.75, 3.05) is 6.54 Å². The Kier molecular flexibility index (Phi) is 3.87.